The van der Waals surface area contributed by atoms with Gasteiger partial charge in [-0.25, -0.2) is 4.39 Å². The topological polar surface area (TPSA) is 61.8 Å². The molecule has 3 aromatic carbocycles. The van der Waals surface area contributed by atoms with Crippen LogP contribution < -0.4 is 9.47 Å². The molecular formula is C25H23FO5. The summed E-state index contributed by atoms with van der Waals surface area (Å²) >= 11 is 0. The van der Waals surface area contributed by atoms with Crippen molar-refractivity contribution in [3.05, 3.63) is 89.7 Å². The molecule has 31 heavy (non-hydrogen) atoms. The van der Waals surface area contributed by atoms with Crippen LogP contribution in [0.25, 0.3) is 0 Å². The van der Waals surface area contributed by atoms with Gasteiger partial charge in [-0.3, -0.25) is 9.59 Å². The van der Waals surface area contributed by atoms with Crippen molar-refractivity contribution in [2.45, 2.75) is 26.4 Å². The number of carbonyl (C=O) groups is 2. The minimum atomic E-state index is -0.429. The zero-order valence-corrected chi connectivity index (χ0v) is 17.2. The van der Waals surface area contributed by atoms with E-state index in [0.717, 1.165) is 5.56 Å². The zero-order chi connectivity index (χ0) is 22.1. The van der Waals surface area contributed by atoms with Crippen molar-refractivity contribution in [3.63, 3.8) is 0 Å². The molecule has 0 bridgehead atoms. The number of Topliss-reactive ketones (excluding diaryl/α,β-unsaturated/α-hetero) is 1. The Morgan fingerprint density at radius 2 is 1.58 bits per heavy atom. The highest BCUT2D eigenvalue weighted by Gasteiger charge is 2.17. The quantitative estimate of drug-likeness (QED) is 0.309. The molecule has 0 spiro atoms. The van der Waals surface area contributed by atoms with Gasteiger partial charge < -0.3 is 14.2 Å². The van der Waals surface area contributed by atoms with Gasteiger partial charge in [0.2, 0.25) is 0 Å². The summed E-state index contributed by atoms with van der Waals surface area (Å²) in [6.45, 7) is 2.27. The number of hydrogen-bond donors (Lipinski definition) is 0. The largest absolute Gasteiger partial charge is 0.488 e. The van der Waals surface area contributed by atoms with Crippen molar-refractivity contribution in [3.8, 4) is 17.2 Å². The minimum absolute atomic E-state index is 0.0134. The Balaban J connectivity index is 1.79. The summed E-state index contributed by atoms with van der Waals surface area (Å²) in [4.78, 5) is 24.5. The summed E-state index contributed by atoms with van der Waals surface area (Å²) < 4.78 is 29.6. The highest BCUT2D eigenvalue weighted by atomic mass is 19.1. The van der Waals surface area contributed by atoms with Crippen molar-refractivity contribution < 1.29 is 28.2 Å². The predicted octanol–water partition coefficient (Wildman–Crippen LogP) is 5.72. The average Bonchev–Trinajstić information content (AvgIpc) is 2.79. The highest BCUT2D eigenvalue weighted by Crippen LogP contribution is 2.30. The monoisotopic (exact) mass is 422 g/mol. The van der Waals surface area contributed by atoms with E-state index in [1.54, 1.807) is 25.1 Å². The Labute approximate surface area is 180 Å². The van der Waals surface area contributed by atoms with E-state index in [1.807, 2.05) is 30.3 Å². The first-order chi connectivity index (χ1) is 15.0. The van der Waals surface area contributed by atoms with Crippen molar-refractivity contribution in [2.75, 3.05) is 6.61 Å². The molecule has 0 amide bonds. The Morgan fingerprint density at radius 3 is 2.29 bits per heavy atom. The molecular weight excluding hydrogens is 399 g/mol. The maximum Gasteiger partial charge on any atom is 0.306 e. The maximum absolute atomic E-state index is 13.1. The van der Waals surface area contributed by atoms with Crippen LogP contribution in [0.2, 0.25) is 0 Å². The standard InChI is InChI=1S/C25H23FO5/c1-2-29-25(28)15-13-23(27)22-16-21(31-20-10-8-19(26)9-11-20)12-14-24(22)30-17-18-6-4-3-5-7-18/h3-12,14,16H,2,13,15,17H2,1H3. The molecule has 0 radical (unpaired) electrons. The summed E-state index contributed by atoms with van der Waals surface area (Å²) in [7, 11) is 0. The minimum Gasteiger partial charge on any atom is -0.488 e. The van der Waals surface area contributed by atoms with E-state index in [2.05, 4.69) is 0 Å². The molecule has 0 N–H and O–H groups in total. The third-order valence-electron chi connectivity index (χ3n) is 4.40. The van der Waals surface area contributed by atoms with Gasteiger partial charge in [-0.1, -0.05) is 30.3 Å². The molecule has 0 atom stereocenters. The third-order valence-corrected chi connectivity index (χ3v) is 4.40. The molecule has 0 aromatic heterocycles. The first kappa shape index (κ1) is 22.0. The molecule has 0 saturated carbocycles. The molecule has 0 fully saturated rings. The van der Waals surface area contributed by atoms with Crippen LogP contribution in [0, 0.1) is 5.82 Å². The van der Waals surface area contributed by atoms with Crippen LogP contribution >= 0.6 is 0 Å². The van der Waals surface area contributed by atoms with Crippen molar-refractivity contribution in [1.29, 1.82) is 0 Å². The normalized spacial score (nSPS) is 10.4. The summed E-state index contributed by atoms with van der Waals surface area (Å²) in [5.41, 5.74) is 1.26. The SMILES string of the molecule is CCOC(=O)CCC(=O)c1cc(Oc2ccc(F)cc2)ccc1OCc1ccccc1. The van der Waals surface area contributed by atoms with Crippen molar-refractivity contribution in [1.82, 2.24) is 0 Å². The lowest BCUT2D eigenvalue weighted by molar-refractivity contribution is -0.143. The van der Waals surface area contributed by atoms with Crippen molar-refractivity contribution in [2.24, 2.45) is 0 Å². The lowest BCUT2D eigenvalue weighted by Gasteiger charge is -2.13. The van der Waals surface area contributed by atoms with E-state index in [9.17, 15) is 14.0 Å². The molecule has 0 aliphatic rings. The second-order valence-electron chi connectivity index (χ2n) is 6.72. The number of esters is 1. The van der Waals surface area contributed by atoms with Gasteiger partial charge in [-0.2, -0.15) is 0 Å². The molecule has 0 aliphatic carbocycles. The molecule has 0 heterocycles. The van der Waals surface area contributed by atoms with E-state index in [4.69, 9.17) is 14.2 Å². The fourth-order valence-electron chi connectivity index (χ4n) is 2.87. The van der Waals surface area contributed by atoms with E-state index in [1.165, 1.54) is 24.3 Å². The second-order valence-corrected chi connectivity index (χ2v) is 6.72. The van der Waals surface area contributed by atoms with Crippen LogP contribution in [0.1, 0.15) is 35.7 Å². The number of rotatable bonds is 10. The molecule has 0 unspecified atom stereocenters. The molecule has 6 heteroatoms. The summed E-state index contributed by atoms with van der Waals surface area (Å²) in [6.07, 6.45) is -0.0334. The molecule has 0 aliphatic heterocycles. The zero-order valence-electron chi connectivity index (χ0n) is 17.2. The van der Waals surface area contributed by atoms with Crippen LogP contribution in [0.5, 0.6) is 17.2 Å². The van der Waals surface area contributed by atoms with Crippen molar-refractivity contribution >= 4 is 11.8 Å². The van der Waals surface area contributed by atoms with Crippen LogP contribution in [0.3, 0.4) is 0 Å². The summed E-state index contributed by atoms with van der Waals surface area (Å²) in [5.74, 6) is 0.167. The predicted molar refractivity (Wildman–Crippen MR) is 114 cm³/mol. The van der Waals surface area contributed by atoms with E-state index >= 15 is 0 Å². The third kappa shape index (κ3) is 6.67. The van der Waals surface area contributed by atoms with Gasteiger partial charge in [-0.05, 0) is 55.0 Å². The van der Waals surface area contributed by atoms with Crippen LogP contribution in [-0.2, 0) is 16.1 Å². The van der Waals surface area contributed by atoms with Gasteiger partial charge in [0.05, 0.1) is 18.6 Å². The number of carbonyl (C=O) groups excluding carboxylic acids is 2. The molecule has 3 rings (SSSR count). The maximum atomic E-state index is 13.1. The van der Waals surface area contributed by atoms with Gasteiger partial charge in [0.1, 0.15) is 29.7 Å². The Hall–Kier alpha value is -3.67. The van der Waals surface area contributed by atoms with Gasteiger partial charge in [-0.15, -0.1) is 0 Å². The Morgan fingerprint density at radius 1 is 0.871 bits per heavy atom. The molecule has 0 saturated heterocycles. The van der Waals surface area contributed by atoms with Gasteiger partial charge >= 0.3 is 5.97 Å². The number of ketones is 1. The van der Waals surface area contributed by atoms with Crippen LogP contribution in [-0.4, -0.2) is 18.4 Å². The molecule has 160 valence electrons. The van der Waals surface area contributed by atoms with E-state index in [-0.39, 0.29) is 37.7 Å². The second kappa shape index (κ2) is 10.9. The first-order valence-corrected chi connectivity index (χ1v) is 9.98. The lowest BCUT2D eigenvalue weighted by Crippen LogP contribution is -2.09. The molecule has 5 nitrogen and oxygen atoms in total. The lowest BCUT2D eigenvalue weighted by atomic mass is 10.0. The van der Waals surface area contributed by atoms with E-state index < -0.39 is 5.97 Å². The van der Waals surface area contributed by atoms with Crippen LogP contribution in [0.15, 0.2) is 72.8 Å². The van der Waals surface area contributed by atoms with Gasteiger partial charge in [0.15, 0.2) is 5.78 Å². The van der Waals surface area contributed by atoms with Gasteiger partial charge in [0, 0.05) is 6.42 Å². The fraction of sp³-hybridized carbons (Fsp3) is 0.200. The summed E-state index contributed by atoms with van der Waals surface area (Å²) in [6, 6.07) is 20.0. The Bertz CT molecular complexity index is 1020. The Kier molecular flexibility index (Phi) is 7.76. The van der Waals surface area contributed by atoms with Crippen LogP contribution in [0.4, 0.5) is 4.39 Å². The number of halogens is 1. The van der Waals surface area contributed by atoms with Gasteiger partial charge in [0.25, 0.3) is 0 Å². The van der Waals surface area contributed by atoms with E-state index in [0.29, 0.717) is 22.8 Å². The molecule has 3 aromatic rings. The first-order valence-electron chi connectivity index (χ1n) is 9.98. The number of benzene rings is 3. The average molecular weight is 422 g/mol. The number of ether oxygens (including phenoxy) is 3. The highest BCUT2D eigenvalue weighted by molar-refractivity contribution is 6.00. The number of hydrogen-bond acceptors (Lipinski definition) is 5. The fourth-order valence-corrected chi connectivity index (χ4v) is 2.87. The smallest absolute Gasteiger partial charge is 0.306 e. The summed E-state index contributed by atoms with van der Waals surface area (Å²) in [5, 5.41) is 0.